The smallest absolute Gasteiger partial charge is 0.0540 e. The molecule has 56 heavy (non-hydrogen) atoms. The molecular formula is C55H41N. The molecule has 0 bridgehead atoms. The lowest BCUT2D eigenvalue weighted by Crippen LogP contribution is -2.17. The molecule has 0 spiro atoms. The molecule has 1 aliphatic carbocycles. The van der Waals surface area contributed by atoms with Gasteiger partial charge < -0.3 is 4.90 Å². The summed E-state index contributed by atoms with van der Waals surface area (Å²) in [5, 5.41) is 2.51. The molecule has 0 radical (unpaired) electrons. The molecule has 266 valence electrons. The van der Waals surface area contributed by atoms with Crippen LogP contribution < -0.4 is 4.90 Å². The molecule has 0 N–H and O–H groups in total. The van der Waals surface area contributed by atoms with Gasteiger partial charge in [-0.1, -0.05) is 190 Å². The Hall–Kier alpha value is -6.96. The number of hydrogen-bond acceptors (Lipinski definition) is 1. The van der Waals surface area contributed by atoms with E-state index in [0.717, 1.165) is 17.1 Å². The summed E-state index contributed by atoms with van der Waals surface area (Å²) in [6.45, 7) is 4.72. The Kier molecular flexibility index (Phi) is 8.23. The number of hydrogen-bond donors (Lipinski definition) is 0. The summed E-state index contributed by atoms with van der Waals surface area (Å²) in [6, 6.07) is 77.6. The first-order valence-corrected chi connectivity index (χ1v) is 19.5. The van der Waals surface area contributed by atoms with E-state index in [-0.39, 0.29) is 5.41 Å². The standard InChI is InChI=1S/C55H41N/c1-55(2)52-27-14-13-25-49(52)50-34-33-44(37-53(50)55)56(43-31-28-41(29-32-43)47-26-15-21-39-20-9-10-22-45(39)47)54-35-30-42(36-51(54)40-18-7-4-8-19-40)48-24-12-11-23-46(48)38-16-5-3-6-17-38/h3-37H,1-2H3. The molecule has 0 fully saturated rings. The van der Waals surface area contributed by atoms with Gasteiger partial charge in [0.1, 0.15) is 0 Å². The number of anilines is 3. The summed E-state index contributed by atoms with van der Waals surface area (Å²) in [4.78, 5) is 2.46. The SMILES string of the molecule is CC1(C)c2ccccc2-c2ccc(N(c3ccc(-c4cccc5ccccc45)cc3)c3ccc(-c4ccccc4-c4ccccc4)cc3-c3ccccc3)cc21. The first kappa shape index (κ1) is 33.6. The summed E-state index contributed by atoms with van der Waals surface area (Å²) in [7, 11) is 0. The van der Waals surface area contributed by atoms with Crippen LogP contribution in [-0.2, 0) is 5.41 Å². The Bertz CT molecular complexity index is 2860. The average molecular weight is 716 g/mol. The lowest BCUT2D eigenvalue weighted by atomic mass is 9.82. The second kappa shape index (κ2) is 13.7. The first-order chi connectivity index (χ1) is 27.5. The molecule has 0 heterocycles. The molecule has 0 atom stereocenters. The van der Waals surface area contributed by atoms with Crippen molar-refractivity contribution in [2.45, 2.75) is 19.3 Å². The second-order valence-corrected chi connectivity index (χ2v) is 15.3. The maximum atomic E-state index is 2.46. The van der Waals surface area contributed by atoms with Crippen LogP contribution in [0.5, 0.6) is 0 Å². The van der Waals surface area contributed by atoms with Crippen molar-refractivity contribution in [1.82, 2.24) is 0 Å². The molecule has 0 amide bonds. The van der Waals surface area contributed by atoms with Crippen molar-refractivity contribution in [3.63, 3.8) is 0 Å². The number of nitrogens with zero attached hydrogens (tertiary/aromatic N) is 1. The van der Waals surface area contributed by atoms with E-state index < -0.39 is 0 Å². The zero-order chi connectivity index (χ0) is 37.6. The Morgan fingerprint density at radius 1 is 0.321 bits per heavy atom. The van der Waals surface area contributed by atoms with Crippen LogP contribution in [0.15, 0.2) is 212 Å². The van der Waals surface area contributed by atoms with Crippen LogP contribution in [-0.4, -0.2) is 0 Å². The molecule has 0 saturated carbocycles. The van der Waals surface area contributed by atoms with E-state index in [1.165, 1.54) is 77.5 Å². The van der Waals surface area contributed by atoms with Gasteiger partial charge in [0, 0.05) is 22.4 Å². The molecular weight excluding hydrogens is 675 g/mol. The molecule has 1 aliphatic rings. The Morgan fingerprint density at radius 3 is 1.59 bits per heavy atom. The fraction of sp³-hybridized carbons (Fsp3) is 0.0545. The molecule has 0 unspecified atom stereocenters. The van der Waals surface area contributed by atoms with Gasteiger partial charge in [-0.05, 0) is 108 Å². The predicted molar refractivity (Wildman–Crippen MR) is 238 cm³/mol. The first-order valence-electron chi connectivity index (χ1n) is 19.5. The monoisotopic (exact) mass is 715 g/mol. The largest absolute Gasteiger partial charge is 0.310 e. The second-order valence-electron chi connectivity index (χ2n) is 15.3. The van der Waals surface area contributed by atoms with E-state index in [2.05, 4.69) is 231 Å². The maximum absolute atomic E-state index is 2.46. The highest BCUT2D eigenvalue weighted by Crippen LogP contribution is 2.51. The number of fused-ring (bicyclic) bond motifs is 4. The molecule has 1 heteroatoms. The normalized spacial score (nSPS) is 12.6. The van der Waals surface area contributed by atoms with Gasteiger partial charge in [0.25, 0.3) is 0 Å². The molecule has 9 aromatic carbocycles. The fourth-order valence-electron chi connectivity index (χ4n) is 8.88. The lowest BCUT2D eigenvalue weighted by molar-refractivity contribution is 0.660. The van der Waals surface area contributed by atoms with Gasteiger partial charge in [-0.2, -0.15) is 0 Å². The van der Waals surface area contributed by atoms with Gasteiger partial charge in [0.05, 0.1) is 5.69 Å². The van der Waals surface area contributed by atoms with E-state index in [9.17, 15) is 0 Å². The van der Waals surface area contributed by atoms with Crippen molar-refractivity contribution in [1.29, 1.82) is 0 Å². The van der Waals surface area contributed by atoms with Crippen molar-refractivity contribution >= 4 is 27.8 Å². The predicted octanol–water partition coefficient (Wildman–Crippen LogP) is 15.3. The van der Waals surface area contributed by atoms with Gasteiger partial charge in [-0.25, -0.2) is 0 Å². The highest BCUT2D eigenvalue weighted by atomic mass is 15.1. The third-order valence-corrected chi connectivity index (χ3v) is 11.7. The maximum Gasteiger partial charge on any atom is 0.0540 e. The molecule has 9 aromatic rings. The molecule has 10 rings (SSSR count). The summed E-state index contributed by atoms with van der Waals surface area (Å²) in [5.74, 6) is 0. The van der Waals surface area contributed by atoms with Crippen molar-refractivity contribution < 1.29 is 0 Å². The molecule has 0 aliphatic heterocycles. The third kappa shape index (κ3) is 5.72. The molecule has 0 aromatic heterocycles. The van der Waals surface area contributed by atoms with Crippen molar-refractivity contribution in [2.24, 2.45) is 0 Å². The van der Waals surface area contributed by atoms with Crippen molar-refractivity contribution in [3.05, 3.63) is 223 Å². The van der Waals surface area contributed by atoms with Crippen LogP contribution >= 0.6 is 0 Å². The summed E-state index contributed by atoms with van der Waals surface area (Å²) >= 11 is 0. The Morgan fingerprint density at radius 2 is 0.839 bits per heavy atom. The van der Waals surface area contributed by atoms with Gasteiger partial charge in [0.15, 0.2) is 0 Å². The van der Waals surface area contributed by atoms with Crippen LogP contribution in [0.25, 0.3) is 66.4 Å². The Balaban J connectivity index is 1.18. The quantitative estimate of drug-likeness (QED) is 0.159. The molecule has 1 nitrogen and oxygen atoms in total. The zero-order valence-electron chi connectivity index (χ0n) is 31.7. The van der Waals surface area contributed by atoms with E-state index in [1.807, 2.05) is 0 Å². The van der Waals surface area contributed by atoms with Gasteiger partial charge in [0.2, 0.25) is 0 Å². The number of rotatable bonds is 7. The Labute approximate surface area is 329 Å². The van der Waals surface area contributed by atoms with E-state index in [4.69, 9.17) is 0 Å². The van der Waals surface area contributed by atoms with Crippen LogP contribution in [0, 0.1) is 0 Å². The fourth-order valence-corrected chi connectivity index (χ4v) is 8.88. The topological polar surface area (TPSA) is 3.24 Å². The van der Waals surface area contributed by atoms with Crippen molar-refractivity contribution in [2.75, 3.05) is 4.90 Å². The van der Waals surface area contributed by atoms with E-state index in [1.54, 1.807) is 0 Å². The van der Waals surface area contributed by atoms with Crippen LogP contribution in [0.3, 0.4) is 0 Å². The highest BCUT2D eigenvalue weighted by molar-refractivity contribution is 5.98. The molecule has 0 saturated heterocycles. The minimum atomic E-state index is -0.126. The minimum Gasteiger partial charge on any atom is -0.310 e. The summed E-state index contributed by atoms with van der Waals surface area (Å²) < 4.78 is 0. The minimum absolute atomic E-state index is 0.126. The van der Waals surface area contributed by atoms with E-state index >= 15 is 0 Å². The van der Waals surface area contributed by atoms with Gasteiger partial charge >= 0.3 is 0 Å². The van der Waals surface area contributed by atoms with Gasteiger partial charge in [-0.15, -0.1) is 0 Å². The van der Waals surface area contributed by atoms with Crippen molar-refractivity contribution in [3.8, 4) is 55.6 Å². The lowest BCUT2D eigenvalue weighted by Gasteiger charge is -2.30. The van der Waals surface area contributed by atoms with Crippen LogP contribution in [0.2, 0.25) is 0 Å². The summed E-state index contributed by atoms with van der Waals surface area (Å²) in [5.41, 5.74) is 18.2. The van der Waals surface area contributed by atoms with Gasteiger partial charge in [-0.3, -0.25) is 0 Å². The highest BCUT2D eigenvalue weighted by Gasteiger charge is 2.36. The average Bonchev–Trinajstić information content (AvgIpc) is 3.50. The summed E-state index contributed by atoms with van der Waals surface area (Å²) in [6.07, 6.45) is 0. The third-order valence-electron chi connectivity index (χ3n) is 11.7. The van der Waals surface area contributed by atoms with Crippen LogP contribution in [0.1, 0.15) is 25.0 Å². The number of benzene rings is 9. The van der Waals surface area contributed by atoms with E-state index in [0.29, 0.717) is 0 Å². The van der Waals surface area contributed by atoms with Crippen LogP contribution in [0.4, 0.5) is 17.1 Å². The zero-order valence-corrected chi connectivity index (χ0v) is 31.7.